The third kappa shape index (κ3) is 3.09. The summed E-state index contributed by atoms with van der Waals surface area (Å²) in [6.07, 6.45) is 0. The fourth-order valence-corrected chi connectivity index (χ4v) is 1.61. The first kappa shape index (κ1) is 13.1. The molecule has 0 fully saturated rings. The summed E-state index contributed by atoms with van der Waals surface area (Å²) in [5, 5.41) is 5.77. The smallest absolute Gasteiger partial charge is 0.224 e. The Morgan fingerprint density at radius 1 is 1.21 bits per heavy atom. The first-order valence-electron chi connectivity index (χ1n) is 5.76. The molecule has 1 aromatic carbocycles. The van der Waals surface area contributed by atoms with Crippen LogP contribution in [0.15, 0.2) is 24.3 Å². The third-order valence-electron chi connectivity index (χ3n) is 2.51. The van der Waals surface area contributed by atoms with E-state index in [9.17, 15) is 4.39 Å². The molecule has 0 saturated carbocycles. The van der Waals surface area contributed by atoms with Gasteiger partial charge in [0.05, 0.1) is 12.8 Å². The highest BCUT2D eigenvalue weighted by molar-refractivity contribution is 5.60. The summed E-state index contributed by atoms with van der Waals surface area (Å²) in [7, 11) is 3.26. The lowest BCUT2D eigenvalue weighted by Gasteiger charge is -2.10. The lowest BCUT2D eigenvalue weighted by molar-refractivity contribution is 0.414. The second kappa shape index (κ2) is 5.51. The Labute approximate surface area is 110 Å². The minimum atomic E-state index is -0.372. The van der Waals surface area contributed by atoms with Crippen LogP contribution in [0.2, 0.25) is 0 Å². The topological polar surface area (TPSA) is 59.1 Å². The Morgan fingerprint density at radius 2 is 2.00 bits per heavy atom. The highest BCUT2D eigenvalue weighted by atomic mass is 19.1. The number of hydrogen-bond donors (Lipinski definition) is 2. The van der Waals surface area contributed by atoms with E-state index < -0.39 is 0 Å². The van der Waals surface area contributed by atoms with Crippen molar-refractivity contribution in [3.8, 4) is 5.75 Å². The Hall–Kier alpha value is -2.37. The molecule has 19 heavy (non-hydrogen) atoms. The Kier molecular flexibility index (Phi) is 3.79. The van der Waals surface area contributed by atoms with E-state index in [0.717, 1.165) is 5.69 Å². The van der Waals surface area contributed by atoms with Gasteiger partial charge in [0, 0.05) is 24.9 Å². The Morgan fingerprint density at radius 3 is 2.68 bits per heavy atom. The van der Waals surface area contributed by atoms with Crippen molar-refractivity contribution in [3.05, 3.63) is 35.8 Å². The van der Waals surface area contributed by atoms with Crippen molar-refractivity contribution in [3.63, 3.8) is 0 Å². The molecule has 2 N–H and O–H groups in total. The molecule has 0 unspecified atom stereocenters. The van der Waals surface area contributed by atoms with Crippen LogP contribution in [0.5, 0.6) is 5.75 Å². The maximum atomic E-state index is 13.7. The van der Waals surface area contributed by atoms with Crippen LogP contribution in [0.3, 0.4) is 0 Å². The van der Waals surface area contributed by atoms with E-state index in [4.69, 9.17) is 4.74 Å². The number of anilines is 3. The van der Waals surface area contributed by atoms with Crippen LogP contribution in [0, 0.1) is 12.7 Å². The van der Waals surface area contributed by atoms with E-state index in [0.29, 0.717) is 23.2 Å². The molecular weight excluding hydrogens is 247 g/mol. The third-order valence-corrected chi connectivity index (χ3v) is 2.51. The number of nitrogens with one attached hydrogen (secondary N) is 2. The van der Waals surface area contributed by atoms with Gasteiger partial charge in [0.1, 0.15) is 17.4 Å². The minimum absolute atomic E-state index is 0.305. The summed E-state index contributed by atoms with van der Waals surface area (Å²) in [4.78, 5) is 8.37. The molecule has 0 saturated heterocycles. The van der Waals surface area contributed by atoms with Gasteiger partial charge in [0.15, 0.2) is 0 Å². The van der Waals surface area contributed by atoms with E-state index >= 15 is 0 Å². The van der Waals surface area contributed by atoms with Crippen LogP contribution in [-0.2, 0) is 0 Å². The normalized spacial score (nSPS) is 10.1. The molecule has 0 atom stereocenters. The van der Waals surface area contributed by atoms with E-state index in [2.05, 4.69) is 20.6 Å². The average Bonchev–Trinajstić information content (AvgIpc) is 2.40. The van der Waals surface area contributed by atoms with Crippen LogP contribution < -0.4 is 15.4 Å². The van der Waals surface area contributed by atoms with Crippen molar-refractivity contribution >= 4 is 17.5 Å². The van der Waals surface area contributed by atoms with Gasteiger partial charge in [-0.1, -0.05) is 0 Å². The maximum Gasteiger partial charge on any atom is 0.224 e. The van der Waals surface area contributed by atoms with Gasteiger partial charge >= 0.3 is 0 Å². The lowest BCUT2D eigenvalue weighted by Crippen LogP contribution is -2.03. The molecule has 2 rings (SSSR count). The van der Waals surface area contributed by atoms with Crippen molar-refractivity contribution in [2.75, 3.05) is 24.8 Å². The molecule has 0 aliphatic heterocycles. The van der Waals surface area contributed by atoms with Crippen molar-refractivity contribution in [1.29, 1.82) is 0 Å². The molecule has 100 valence electrons. The van der Waals surface area contributed by atoms with Crippen molar-refractivity contribution in [2.45, 2.75) is 6.92 Å². The van der Waals surface area contributed by atoms with Crippen LogP contribution in [0.4, 0.5) is 21.8 Å². The second-order valence-corrected chi connectivity index (χ2v) is 3.94. The first-order valence-corrected chi connectivity index (χ1v) is 5.76. The molecule has 0 amide bonds. The van der Waals surface area contributed by atoms with E-state index in [1.54, 1.807) is 25.2 Å². The standard InChI is InChI=1S/C13H15FN4O/c1-8-6-12(18-13(15-2)16-8)17-11-7-9(19-3)4-5-10(11)14/h4-7H,1-3H3,(H2,15,16,17,18). The molecule has 0 radical (unpaired) electrons. The van der Waals surface area contributed by atoms with E-state index in [1.807, 2.05) is 6.92 Å². The van der Waals surface area contributed by atoms with E-state index in [-0.39, 0.29) is 5.82 Å². The molecule has 0 aliphatic carbocycles. The molecular formula is C13H15FN4O. The maximum absolute atomic E-state index is 13.7. The highest BCUT2D eigenvalue weighted by Crippen LogP contribution is 2.24. The number of benzene rings is 1. The van der Waals surface area contributed by atoms with Crippen LogP contribution in [0.25, 0.3) is 0 Å². The van der Waals surface area contributed by atoms with Gasteiger partial charge < -0.3 is 15.4 Å². The zero-order valence-corrected chi connectivity index (χ0v) is 11.0. The van der Waals surface area contributed by atoms with Gasteiger partial charge in [-0.15, -0.1) is 0 Å². The average molecular weight is 262 g/mol. The van der Waals surface area contributed by atoms with Crippen molar-refractivity contribution < 1.29 is 9.13 Å². The summed E-state index contributed by atoms with van der Waals surface area (Å²) in [5.41, 5.74) is 1.09. The zero-order chi connectivity index (χ0) is 13.8. The molecule has 6 heteroatoms. The number of halogens is 1. The minimum Gasteiger partial charge on any atom is -0.497 e. The van der Waals surface area contributed by atoms with Gasteiger partial charge in [0.25, 0.3) is 0 Å². The summed E-state index contributed by atoms with van der Waals surface area (Å²) in [6.45, 7) is 1.84. The number of aryl methyl sites for hydroxylation is 1. The van der Waals surface area contributed by atoms with Crippen LogP contribution >= 0.6 is 0 Å². The summed E-state index contributed by atoms with van der Waals surface area (Å²) < 4.78 is 18.8. The summed E-state index contributed by atoms with van der Waals surface area (Å²) in [5.74, 6) is 1.20. The van der Waals surface area contributed by atoms with Gasteiger partial charge in [-0.25, -0.2) is 9.37 Å². The molecule has 2 aromatic rings. The fourth-order valence-electron chi connectivity index (χ4n) is 1.61. The van der Waals surface area contributed by atoms with Gasteiger partial charge in [-0.3, -0.25) is 0 Å². The second-order valence-electron chi connectivity index (χ2n) is 3.94. The number of rotatable bonds is 4. The van der Waals surface area contributed by atoms with Gasteiger partial charge in [-0.05, 0) is 19.1 Å². The number of ether oxygens (including phenoxy) is 1. The van der Waals surface area contributed by atoms with Crippen molar-refractivity contribution in [1.82, 2.24) is 9.97 Å². The summed E-state index contributed by atoms with van der Waals surface area (Å²) >= 11 is 0. The fraction of sp³-hybridized carbons (Fsp3) is 0.231. The quantitative estimate of drug-likeness (QED) is 0.887. The predicted octanol–water partition coefficient (Wildman–Crippen LogP) is 2.72. The van der Waals surface area contributed by atoms with E-state index in [1.165, 1.54) is 13.2 Å². The van der Waals surface area contributed by atoms with Crippen LogP contribution in [-0.4, -0.2) is 24.1 Å². The SMILES string of the molecule is CNc1nc(C)cc(Nc2cc(OC)ccc2F)n1. The monoisotopic (exact) mass is 262 g/mol. The lowest BCUT2D eigenvalue weighted by atomic mass is 10.3. The van der Waals surface area contributed by atoms with Crippen molar-refractivity contribution in [2.24, 2.45) is 0 Å². The number of nitrogens with zero attached hydrogens (tertiary/aromatic N) is 2. The Balaban J connectivity index is 2.32. The number of aromatic nitrogens is 2. The molecule has 0 spiro atoms. The summed E-state index contributed by atoms with van der Waals surface area (Å²) in [6, 6.07) is 6.21. The molecule has 5 nitrogen and oxygen atoms in total. The number of methoxy groups -OCH3 is 1. The molecule has 0 bridgehead atoms. The zero-order valence-electron chi connectivity index (χ0n) is 11.0. The number of hydrogen-bond acceptors (Lipinski definition) is 5. The Bertz CT molecular complexity index is 589. The van der Waals surface area contributed by atoms with Crippen LogP contribution in [0.1, 0.15) is 5.69 Å². The van der Waals surface area contributed by atoms with Gasteiger partial charge in [-0.2, -0.15) is 4.98 Å². The molecule has 1 aromatic heterocycles. The molecule has 0 aliphatic rings. The van der Waals surface area contributed by atoms with Gasteiger partial charge in [0.2, 0.25) is 5.95 Å². The predicted molar refractivity (Wildman–Crippen MR) is 72.6 cm³/mol. The largest absolute Gasteiger partial charge is 0.497 e. The first-order chi connectivity index (χ1) is 9.12. The highest BCUT2D eigenvalue weighted by Gasteiger charge is 2.07. The molecule has 1 heterocycles.